The van der Waals surface area contributed by atoms with Crippen molar-refractivity contribution >= 4 is 0 Å². The van der Waals surface area contributed by atoms with Gasteiger partial charge in [0.2, 0.25) is 0 Å². The van der Waals surface area contributed by atoms with Crippen LogP contribution in [0.4, 0.5) is 4.39 Å². The third-order valence-electron chi connectivity index (χ3n) is 4.16. The highest BCUT2D eigenvalue weighted by Crippen LogP contribution is 2.30. The lowest BCUT2D eigenvalue weighted by Gasteiger charge is -2.25. The van der Waals surface area contributed by atoms with Crippen LogP contribution in [0.5, 0.6) is 0 Å². The van der Waals surface area contributed by atoms with Crippen LogP contribution in [0.25, 0.3) is 0 Å². The molecule has 0 aromatic heterocycles. The van der Waals surface area contributed by atoms with Crippen molar-refractivity contribution < 1.29 is 4.39 Å². The van der Waals surface area contributed by atoms with Crippen molar-refractivity contribution in [2.45, 2.75) is 31.7 Å². The summed E-state index contributed by atoms with van der Waals surface area (Å²) < 4.78 is 13.6. The second-order valence-corrected chi connectivity index (χ2v) is 5.51. The molecule has 1 nitrogen and oxygen atoms in total. The van der Waals surface area contributed by atoms with E-state index in [1.165, 1.54) is 36.5 Å². The molecule has 1 atom stereocenters. The third kappa shape index (κ3) is 2.91. The Morgan fingerprint density at radius 3 is 2.75 bits per heavy atom. The zero-order valence-electron chi connectivity index (χ0n) is 11.6. The standard InChI is InChI=1S/C18H20FN/c19-18-11-4-2-7-16(18)13-20-12-15-9-5-8-14-6-1-3-10-17(14)15/h1-4,6-7,10-11,15,20H,5,8-9,12-13H2. The molecule has 0 saturated carbocycles. The molecule has 1 aliphatic rings. The number of halogens is 1. The normalized spacial score (nSPS) is 17.8. The molecular formula is C18H20FN. The van der Waals surface area contributed by atoms with E-state index in [1.807, 2.05) is 12.1 Å². The number of hydrogen-bond donors (Lipinski definition) is 1. The van der Waals surface area contributed by atoms with E-state index in [0.29, 0.717) is 12.5 Å². The van der Waals surface area contributed by atoms with Crippen LogP contribution in [0.2, 0.25) is 0 Å². The van der Waals surface area contributed by atoms with Crippen LogP contribution >= 0.6 is 0 Å². The summed E-state index contributed by atoms with van der Waals surface area (Å²) >= 11 is 0. The largest absolute Gasteiger partial charge is 0.312 e. The van der Waals surface area contributed by atoms with Gasteiger partial charge in [-0.25, -0.2) is 4.39 Å². The SMILES string of the molecule is Fc1ccccc1CNCC1CCCc2ccccc21. The van der Waals surface area contributed by atoms with E-state index in [1.54, 1.807) is 6.07 Å². The molecule has 0 radical (unpaired) electrons. The van der Waals surface area contributed by atoms with E-state index in [2.05, 4.69) is 29.6 Å². The summed E-state index contributed by atoms with van der Waals surface area (Å²) in [6, 6.07) is 15.7. The number of rotatable bonds is 4. The van der Waals surface area contributed by atoms with Crippen molar-refractivity contribution in [3.63, 3.8) is 0 Å². The van der Waals surface area contributed by atoms with Crippen LogP contribution < -0.4 is 5.32 Å². The molecule has 0 bridgehead atoms. The van der Waals surface area contributed by atoms with Crippen LogP contribution in [0.15, 0.2) is 48.5 Å². The molecule has 0 heterocycles. The average molecular weight is 269 g/mol. The Kier molecular flexibility index (Phi) is 4.12. The maximum absolute atomic E-state index is 13.6. The molecular weight excluding hydrogens is 249 g/mol. The van der Waals surface area contributed by atoms with Crippen LogP contribution in [-0.4, -0.2) is 6.54 Å². The molecule has 0 saturated heterocycles. The van der Waals surface area contributed by atoms with Crippen LogP contribution in [0, 0.1) is 5.82 Å². The number of hydrogen-bond acceptors (Lipinski definition) is 1. The van der Waals surface area contributed by atoms with Gasteiger partial charge in [0.1, 0.15) is 5.82 Å². The first-order chi connectivity index (χ1) is 9.84. The van der Waals surface area contributed by atoms with E-state index >= 15 is 0 Å². The first kappa shape index (κ1) is 13.3. The third-order valence-corrected chi connectivity index (χ3v) is 4.16. The lowest BCUT2D eigenvalue weighted by molar-refractivity contribution is 0.500. The minimum atomic E-state index is -0.121. The van der Waals surface area contributed by atoms with Gasteiger partial charge in [-0.1, -0.05) is 42.5 Å². The second kappa shape index (κ2) is 6.19. The summed E-state index contributed by atoms with van der Waals surface area (Å²) in [7, 11) is 0. The van der Waals surface area contributed by atoms with E-state index < -0.39 is 0 Å². The second-order valence-electron chi connectivity index (χ2n) is 5.51. The maximum atomic E-state index is 13.6. The zero-order chi connectivity index (χ0) is 13.8. The molecule has 0 fully saturated rings. The Balaban J connectivity index is 1.61. The van der Waals surface area contributed by atoms with Gasteiger partial charge in [0.05, 0.1) is 0 Å². The average Bonchev–Trinajstić information content (AvgIpc) is 2.49. The Labute approximate surface area is 119 Å². The van der Waals surface area contributed by atoms with Gasteiger partial charge in [0.15, 0.2) is 0 Å². The number of aryl methyl sites for hydroxylation is 1. The summed E-state index contributed by atoms with van der Waals surface area (Å²) in [6.45, 7) is 1.52. The summed E-state index contributed by atoms with van der Waals surface area (Å²) in [6.07, 6.45) is 3.67. The zero-order valence-corrected chi connectivity index (χ0v) is 11.6. The first-order valence-electron chi connectivity index (χ1n) is 7.36. The van der Waals surface area contributed by atoms with E-state index in [4.69, 9.17) is 0 Å². The molecule has 1 N–H and O–H groups in total. The molecule has 0 spiro atoms. The molecule has 0 amide bonds. The van der Waals surface area contributed by atoms with Gasteiger partial charge in [0.25, 0.3) is 0 Å². The van der Waals surface area contributed by atoms with Gasteiger partial charge in [0, 0.05) is 18.7 Å². The molecule has 104 valence electrons. The molecule has 3 rings (SSSR count). The van der Waals surface area contributed by atoms with Gasteiger partial charge >= 0.3 is 0 Å². The smallest absolute Gasteiger partial charge is 0.127 e. The van der Waals surface area contributed by atoms with Crippen molar-refractivity contribution in [1.29, 1.82) is 0 Å². The van der Waals surface area contributed by atoms with Gasteiger partial charge in [-0.3, -0.25) is 0 Å². The fourth-order valence-electron chi connectivity index (χ4n) is 3.09. The van der Waals surface area contributed by atoms with E-state index in [9.17, 15) is 4.39 Å². The highest BCUT2D eigenvalue weighted by molar-refractivity contribution is 5.32. The lowest BCUT2D eigenvalue weighted by Crippen LogP contribution is -2.24. The van der Waals surface area contributed by atoms with E-state index in [0.717, 1.165) is 12.1 Å². The van der Waals surface area contributed by atoms with Gasteiger partial charge < -0.3 is 5.32 Å². The molecule has 2 heteroatoms. The molecule has 2 aromatic carbocycles. The van der Waals surface area contributed by atoms with Crippen LogP contribution in [0.1, 0.15) is 35.4 Å². The molecule has 2 aromatic rings. The Hall–Kier alpha value is -1.67. The van der Waals surface area contributed by atoms with Crippen molar-refractivity contribution in [2.24, 2.45) is 0 Å². The van der Waals surface area contributed by atoms with Crippen molar-refractivity contribution in [2.75, 3.05) is 6.54 Å². The highest BCUT2D eigenvalue weighted by atomic mass is 19.1. The summed E-state index contributed by atoms with van der Waals surface area (Å²) in [5, 5.41) is 3.41. The molecule has 1 unspecified atom stereocenters. The maximum Gasteiger partial charge on any atom is 0.127 e. The summed E-state index contributed by atoms with van der Waals surface area (Å²) in [5.74, 6) is 0.441. The predicted octanol–water partition coefficient (Wildman–Crippen LogP) is 4.04. The first-order valence-corrected chi connectivity index (χ1v) is 7.36. The molecule has 0 aliphatic heterocycles. The van der Waals surface area contributed by atoms with Crippen LogP contribution in [-0.2, 0) is 13.0 Å². The summed E-state index contributed by atoms with van der Waals surface area (Å²) in [5.41, 5.74) is 3.70. The van der Waals surface area contributed by atoms with Gasteiger partial charge in [-0.2, -0.15) is 0 Å². The minimum absolute atomic E-state index is 0.121. The predicted molar refractivity (Wildman–Crippen MR) is 80.2 cm³/mol. The number of fused-ring (bicyclic) bond motifs is 1. The van der Waals surface area contributed by atoms with Gasteiger partial charge in [-0.05, 0) is 42.4 Å². The van der Waals surface area contributed by atoms with E-state index in [-0.39, 0.29) is 5.82 Å². The van der Waals surface area contributed by atoms with Crippen molar-refractivity contribution in [1.82, 2.24) is 5.32 Å². The topological polar surface area (TPSA) is 12.0 Å². The highest BCUT2D eigenvalue weighted by Gasteiger charge is 2.19. The Morgan fingerprint density at radius 2 is 1.85 bits per heavy atom. The van der Waals surface area contributed by atoms with Crippen molar-refractivity contribution in [3.8, 4) is 0 Å². The quantitative estimate of drug-likeness (QED) is 0.883. The minimum Gasteiger partial charge on any atom is -0.312 e. The molecule has 20 heavy (non-hydrogen) atoms. The number of benzene rings is 2. The monoisotopic (exact) mass is 269 g/mol. The van der Waals surface area contributed by atoms with Crippen LogP contribution in [0.3, 0.4) is 0 Å². The Morgan fingerprint density at radius 1 is 1.05 bits per heavy atom. The lowest BCUT2D eigenvalue weighted by atomic mass is 9.83. The number of nitrogens with one attached hydrogen (secondary N) is 1. The fourth-order valence-corrected chi connectivity index (χ4v) is 3.09. The van der Waals surface area contributed by atoms with Crippen molar-refractivity contribution in [3.05, 3.63) is 71.0 Å². The fraction of sp³-hybridized carbons (Fsp3) is 0.333. The molecule has 1 aliphatic carbocycles. The Bertz CT molecular complexity index is 579. The van der Waals surface area contributed by atoms with Gasteiger partial charge in [-0.15, -0.1) is 0 Å². The summed E-state index contributed by atoms with van der Waals surface area (Å²) in [4.78, 5) is 0.